The van der Waals surface area contributed by atoms with Gasteiger partial charge in [-0.2, -0.15) is 0 Å². The lowest BCUT2D eigenvalue weighted by Gasteiger charge is -2.78. The van der Waals surface area contributed by atoms with Gasteiger partial charge in [0.05, 0.1) is 0 Å². The number of nitrogens with zero attached hydrogens (tertiary/aromatic N) is 1. The van der Waals surface area contributed by atoms with Crippen LogP contribution >= 0.6 is 0 Å². The zero-order valence-corrected chi connectivity index (χ0v) is 32.9. The van der Waals surface area contributed by atoms with E-state index in [9.17, 15) is 0 Å². The molecule has 1 heteroatoms. The fraction of sp³-hybridized carbons (Fsp3) is 0.370. The Labute approximate surface area is 328 Å². The Balaban J connectivity index is 1.11. The van der Waals surface area contributed by atoms with E-state index in [2.05, 4.69) is 172 Å². The summed E-state index contributed by atoms with van der Waals surface area (Å²) < 4.78 is 0. The van der Waals surface area contributed by atoms with Crippen LogP contribution in [0.1, 0.15) is 94.4 Å². The van der Waals surface area contributed by atoms with Crippen molar-refractivity contribution >= 4 is 17.1 Å². The average Bonchev–Trinajstić information content (AvgIpc) is 3.84. The third-order valence-corrected chi connectivity index (χ3v) is 16.9. The second-order valence-electron chi connectivity index (χ2n) is 20.0. The van der Waals surface area contributed by atoms with Crippen molar-refractivity contribution in [2.24, 2.45) is 35.0 Å². The number of fused-ring (bicyclic) bond motifs is 9. The second-order valence-corrected chi connectivity index (χ2v) is 20.0. The Hall–Kier alpha value is -4.62. The molecule has 2 spiro atoms. The predicted molar refractivity (Wildman–Crippen MR) is 228 cm³/mol. The molecule has 8 atom stereocenters. The summed E-state index contributed by atoms with van der Waals surface area (Å²) >= 11 is 0. The minimum atomic E-state index is 0.123. The minimum absolute atomic E-state index is 0.123. The average molecular weight is 716 g/mol. The van der Waals surface area contributed by atoms with Gasteiger partial charge in [-0.15, -0.1) is 0 Å². The third-order valence-electron chi connectivity index (χ3n) is 16.9. The van der Waals surface area contributed by atoms with E-state index in [1.54, 1.807) is 11.1 Å². The minimum Gasteiger partial charge on any atom is -0.310 e. The molecule has 0 radical (unpaired) electrons. The van der Waals surface area contributed by atoms with Crippen LogP contribution in [0.15, 0.2) is 140 Å². The number of benzene rings is 5. The number of allylic oxidation sites excluding steroid dienone is 4. The molecule has 4 fully saturated rings. The quantitative estimate of drug-likeness (QED) is 0.175. The van der Waals surface area contributed by atoms with Crippen LogP contribution < -0.4 is 4.90 Å². The van der Waals surface area contributed by atoms with Crippen LogP contribution in [0.5, 0.6) is 0 Å². The summed E-state index contributed by atoms with van der Waals surface area (Å²) in [6, 6.07) is 44.4. The Morgan fingerprint density at radius 3 is 1.93 bits per heavy atom. The molecular formula is C54H53N. The topological polar surface area (TPSA) is 3.24 Å². The standard InChI is InChI=1S/C54H53N/c1-51(2)25-26-52(3,4)46-31-40(23-24-45(46)51)55(39-21-19-36(20-22-39)35-13-7-5-8-14-35)41-30-43(37-15-9-6-10-16-37)50-42-17-11-12-18-44(42)54(47(50)32-41)48-28-34-27-38-29-49(54)53(38,48)33-34/h5-24,30-32,34,38,42,44,48-49H,25-29,33H2,1-4H3. The van der Waals surface area contributed by atoms with Crippen LogP contribution in [-0.2, 0) is 16.2 Å². The highest BCUT2D eigenvalue weighted by Gasteiger charge is 2.85. The lowest BCUT2D eigenvalue weighted by molar-refractivity contribution is -0.259. The molecule has 0 aromatic heterocycles. The largest absolute Gasteiger partial charge is 0.310 e. The molecule has 8 unspecified atom stereocenters. The maximum atomic E-state index is 2.73. The van der Waals surface area contributed by atoms with Crippen LogP contribution in [0.25, 0.3) is 22.3 Å². The summed E-state index contributed by atoms with van der Waals surface area (Å²) in [6.07, 6.45) is 18.3. The van der Waals surface area contributed by atoms with Crippen molar-refractivity contribution in [3.8, 4) is 22.3 Å². The molecule has 12 rings (SSSR count). The SMILES string of the molecule is CC1(C)CCC(C)(C)c2cc(N(c3ccc(-c4ccccc4)cc3)c3cc(-c4ccccc4)c4c(c3)C3(C5C=CC=CC45)C4CC5CC6CC3C64C5)ccc21. The Bertz CT molecular complexity index is 2430. The molecule has 5 aromatic rings. The molecule has 2 bridgehead atoms. The van der Waals surface area contributed by atoms with E-state index in [0.29, 0.717) is 17.3 Å². The van der Waals surface area contributed by atoms with Gasteiger partial charge in [-0.3, -0.25) is 0 Å². The van der Waals surface area contributed by atoms with Crippen molar-refractivity contribution in [2.75, 3.05) is 4.90 Å². The van der Waals surface area contributed by atoms with Gasteiger partial charge in [-0.25, -0.2) is 0 Å². The second kappa shape index (κ2) is 11.0. The first-order chi connectivity index (χ1) is 26.7. The fourth-order valence-corrected chi connectivity index (χ4v) is 14.6. The van der Waals surface area contributed by atoms with Crippen molar-refractivity contribution in [1.82, 2.24) is 0 Å². The van der Waals surface area contributed by atoms with Gasteiger partial charge in [-0.05, 0) is 165 Å². The van der Waals surface area contributed by atoms with Gasteiger partial charge in [0, 0.05) is 28.4 Å². The predicted octanol–water partition coefficient (Wildman–Crippen LogP) is 14.0. The van der Waals surface area contributed by atoms with E-state index < -0.39 is 0 Å². The van der Waals surface area contributed by atoms with E-state index in [1.165, 1.54) is 89.0 Å². The fourth-order valence-electron chi connectivity index (χ4n) is 14.6. The molecular weight excluding hydrogens is 663 g/mol. The highest BCUT2D eigenvalue weighted by Crippen LogP contribution is 2.90. The van der Waals surface area contributed by atoms with Gasteiger partial charge in [0.1, 0.15) is 0 Å². The van der Waals surface area contributed by atoms with Crippen molar-refractivity contribution in [1.29, 1.82) is 0 Å². The molecule has 7 aliphatic rings. The third kappa shape index (κ3) is 4.15. The molecule has 0 amide bonds. The summed E-state index contributed by atoms with van der Waals surface area (Å²) in [6.45, 7) is 9.82. The number of rotatable bonds is 5. The Kier molecular flexibility index (Phi) is 6.54. The molecule has 1 nitrogen and oxygen atoms in total. The van der Waals surface area contributed by atoms with Crippen LogP contribution in [0.4, 0.5) is 17.1 Å². The number of hydrogen-bond acceptors (Lipinski definition) is 1. The summed E-state index contributed by atoms with van der Waals surface area (Å²) in [5.74, 6) is 4.55. The smallest absolute Gasteiger partial charge is 0.0470 e. The van der Waals surface area contributed by atoms with Gasteiger partial charge in [0.2, 0.25) is 0 Å². The number of hydrogen-bond donors (Lipinski definition) is 0. The molecule has 0 aliphatic heterocycles. The van der Waals surface area contributed by atoms with Gasteiger partial charge >= 0.3 is 0 Å². The highest BCUT2D eigenvalue weighted by atomic mass is 15.1. The molecule has 55 heavy (non-hydrogen) atoms. The van der Waals surface area contributed by atoms with Crippen LogP contribution in [0.2, 0.25) is 0 Å². The van der Waals surface area contributed by atoms with Crippen molar-refractivity contribution in [3.63, 3.8) is 0 Å². The monoisotopic (exact) mass is 715 g/mol. The first kappa shape index (κ1) is 32.6. The van der Waals surface area contributed by atoms with E-state index in [4.69, 9.17) is 0 Å². The first-order valence-electron chi connectivity index (χ1n) is 21.4. The highest BCUT2D eigenvalue weighted by molar-refractivity contribution is 5.86. The van der Waals surface area contributed by atoms with Crippen molar-refractivity contribution < 1.29 is 0 Å². The Morgan fingerprint density at radius 2 is 1.18 bits per heavy atom. The van der Waals surface area contributed by atoms with Gasteiger partial charge in [0.15, 0.2) is 0 Å². The van der Waals surface area contributed by atoms with Gasteiger partial charge in [0.25, 0.3) is 0 Å². The van der Waals surface area contributed by atoms with Gasteiger partial charge < -0.3 is 4.90 Å². The molecule has 7 aliphatic carbocycles. The molecule has 0 saturated heterocycles. The molecule has 274 valence electrons. The van der Waals surface area contributed by atoms with Crippen molar-refractivity contribution in [3.05, 3.63) is 162 Å². The zero-order valence-electron chi connectivity index (χ0n) is 32.9. The molecule has 5 aromatic carbocycles. The molecule has 0 heterocycles. The maximum absolute atomic E-state index is 2.73. The van der Waals surface area contributed by atoms with E-state index in [0.717, 1.165) is 23.7 Å². The van der Waals surface area contributed by atoms with Crippen LogP contribution in [0.3, 0.4) is 0 Å². The maximum Gasteiger partial charge on any atom is 0.0470 e. The lowest BCUT2D eigenvalue weighted by Crippen LogP contribution is -2.75. The summed E-state index contributed by atoms with van der Waals surface area (Å²) in [5, 5.41) is 0. The number of anilines is 3. The summed E-state index contributed by atoms with van der Waals surface area (Å²) in [4.78, 5) is 2.62. The molecule has 4 saturated carbocycles. The van der Waals surface area contributed by atoms with Crippen LogP contribution in [0, 0.1) is 35.0 Å². The van der Waals surface area contributed by atoms with Gasteiger partial charge in [-0.1, -0.05) is 131 Å². The van der Waals surface area contributed by atoms with E-state index in [-0.39, 0.29) is 16.2 Å². The van der Waals surface area contributed by atoms with E-state index >= 15 is 0 Å². The first-order valence-corrected chi connectivity index (χ1v) is 21.4. The molecule has 0 N–H and O–H groups in total. The van der Waals surface area contributed by atoms with Crippen molar-refractivity contribution in [2.45, 2.75) is 88.4 Å². The zero-order chi connectivity index (χ0) is 36.9. The summed E-state index contributed by atoms with van der Waals surface area (Å²) in [7, 11) is 0. The van der Waals surface area contributed by atoms with Crippen LogP contribution in [-0.4, -0.2) is 0 Å². The van der Waals surface area contributed by atoms with E-state index in [1.807, 2.05) is 0 Å². The summed E-state index contributed by atoms with van der Waals surface area (Å²) in [5.41, 5.74) is 16.6. The Morgan fingerprint density at radius 1 is 0.545 bits per heavy atom. The lowest BCUT2D eigenvalue weighted by atomic mass is 9.26. The normalized spacial score (nSPS) is 32.9.